The fraction of sp³-hybridized carbons (Fsp3) is 0.500. The smallest absolute Gasteiger partial charge is 0.322 e. The summed E-state index contributed by atoms with van der Waals surface area (Å²) in [5, 5.41) is 11.0. The van der Waals surface area contributed by atoms with E-state index in [1.54, 1.807) is 12.1 Å². The molecule has 0 fully saturated rings. The lowest BCUT2D eigenvalue weighted by Crippen LogP contribution is -2.44. The Morgan fingerprint density at radius 3 is 2.36 bits per heavy atom. The summed E-state index contributed by atoms with van der Waals surface area (Å²) in [4.78, 5) is 22.5. The molecule has 0 saturated heterocycles. The molecule has 0 unspecified atom stereocenters. The number of rotatable bonds is 5. The number of carboxylic acid groups (broad SMARTS) is 1. The molecule has 5 nitrogen and oxygen atoms in total. The molecular formula is C16H25NO4Si. The molecule has 0 aromatic heterocycles. The molecule has 0 aliphatic carbocycles. The SMILES string of the molecule is Cc1ccc(C(=O)NCC(=O)O)cc1O[Si](C)(C)C(C)(C)C. The molecule has 0 radical (unpaired) electrons. The van der Waals surface area contributed by atoms with Crippen LogP contribution in [-0.4, -0.2) is 31.8 Å². The van der Waals surface area contributed by atoms with Gasteiger partial charge in [-0.1, -0.05) is 26.8 Å². The highest BCUT2D eigenvalue weighted by Gasteiger charge is 2.39. The van der Waals surface area contributed by atoms with Crippen LogP contribution in [-0.2, 0) is 4.79 Å². The van der Waals surface area contributed by atoms with E-state index in [4.69, 9.17) is 9.53 Å². The second-order valence-electron chi connectivity index (χ2n) is 6.92. The van der Waals surface area contributed by atoms with Crippen molar-refractivity contribution in [2.75, 3.05) is 6.54 Å². The predicted octanol–water partition coefficient (Wildman–Crippen LogP) is 3.19. The van der Waals surface area contributed by atoms with E-state index in [2.05, 4.69) is 39.2 Å². The molecule has 0 bridgehead atoms. The maximum atomic E-state index is 12.0. The monoisotopic (exact) mass is 323 g/mol. The van der Waals surface area contributed by atoms with Crippen molar-refractivity contribution in [1.29, 1.82) is 0 Å². The zero-order valence-electron chi connectivity index (χ0n) is 14.1. The standard InChI is InChI=1S/C16H25NO4Si/c1-11-7-8-12(15(20)17-10-14(18)19)9-13(11)21-22(5,6)16(2,3)4/h7-9H,10H2,1-6H3,(H,17,20)(H,18,19). The number of carbonyl (C=O) groups excluding carboxylic acids is 1. The van der Waals surface area contributed by atoms with Crippen LogP contribution >= 0.6 is 0 Å². The van der Waals surface area contributed by atoms with Gasteiger partial charge in [0.15, 0.2) is 0 Å². The Balaban J connectivity index is 3.00. The quantitative estimate of drug-likeness (QED) is 0.816. The summed E-state index contributed by atoms with van der Waals surface area (Å²) in [7, 11) is -2.00. The minimum Gasteiger partial charge on any atom is -0.543 e. The second kappa shape index (κ2) is 6.52. The Labute approximate surface area is 132 Å². The van der Waals surface area contributed by atoms with Gasteiger partial charge in [0.1, 0.15) is 12.3 Å². The van der Waals surface area contributed by atoms with Crippen molar-refractivity contribution in [3.8, 4) is 5.75 Å². The first kappa shape index (κ1) is 18.2. The summed E-state index contributed by atoms with van der Waals surface area (Å²) in [6.45, 7) is 12.3. The fourth-order valence-electron chi connectivity index (χ4n) is 1.54. The van der Waals surface area contributed by atoms with Gasteiger partial charge in [-0.05, 0) is 42.8 Å². The molecule has 1 aromatic rings. The summed E-state index contributed by atoms with van der Waals surface area (Å²) in [5.41, 5.74) is 1.36. The van der Waals surface area contributed by atoms with Gasteiger partial charge in [-0.2, -0.15) is 0 Å². The van der Waals surface area contributed by atoms with E-state index in [-0.39, 0.29) is 5.04 Å². The minimum atomic E-state index is -2.00. The zero-order chi connectivity index (χ0) is 17.1. The molecule has 122 valence electrons. The van der Waals surface area contributed by atoms with E-state index >= 15 is 0 Å². The number of amides is 1. The molecule has 1 rings (SSSR count). The number of benzene rings is 1. The highest BCUT2D eigenvalue weighted by atomic mass is 28.4. The lowest BCUT2D eigenvalue weighted by Gasteiger charge is -2.37. The second-order valence-corrected chi connectivity index (χ2v) is 11.6. The Kier molecular flexibility index (Phi) is 5.40. The van der Waals surface area contributed by atoms with Crippen molar-refractivity contribution >= 4 is 20.2 Å². The molecule has 0 spiro atoms. The summed E-state index contributed by atoms with van der Waals surface area (Å²) in [6.07, 6.45) is 0. The first-order valence-corrected chi connectivity index (χ1v) is 10.1. The van der Waals surface area contributed by atoms with Crippen molar-refractivity contribution in [2.45, 2.75) is 45.8 Å². The van der Waals surface area contributed by atoms with Gasteiger partial charge in [-0.3, -0.25) is 9.59 Å². The summed E-state index contributed by atoms with van der Waals surface area (Å²) < 4.78 is 6.26. The number of aryl methyl sites for hydroxylation is 1. The zero-order valence-corrected chi connectivity index (χ0v) is 15.1. The van der Waals surface area contributed by atoms with E-state index < -0.39 is 26.7 Å². The van der Waals surface area contributed by atoms with Crippen molar-refractivity contribution in [1.82, 2.24) is 5.32 Å². The van der Waals surface area contributed by atoms with Crippen LogP contribution in [0.25, 0.3) is 0 Å². The molecule has 0 atom stereocenters. The summed E-state index contributed by atoms with van der Waals surface area (Å²) >= 11 is 0. The average Bonchev–Trinajstić information content (AvgIpc) is 2.36. The Morgan fingerprint density at radius 2 is 1.86 bits per heavy atom. The van der Waals surface area contributed by atoms with Crippen LogP contribution in [0.4, 0.5) is 0 Å². The van der Waals surface area contributed by atoms with Crippen LogP contribution in [0, 0.1) is 6.92 Å². The largest absolute Gasteiger partial charge is 0.543 e. The van der Waals surface area contributed by atoms with E-state index in [1.807, 2.05) is 13.0 Å². The van der Waals surface area contributed by atoms with Gasteiger partial charge in [-0.15, -0.1) is 0 Å². The first-order valence-electron chi connectivity index (χ1n) is 7.24. The van der Waals surface area contributed by atoms with Crippen LogP contribution in [0.2, 0.25) is 18.1 Å². The third-order valence-corrected chi connectivity index (χ3v) is 8.36. The van der Waals surface area contributed by atoms with Gasteiger partial charge in [0.25, 0.3) is 5.91 Å². The third-order valence-electron chi connectivity index (χ3n) is 4.02. The van der Waals surface area contributed by atoms with E-state index in [0.29, 0.717) is 11.3 Å². The van der Waals surface area contributed by atoms with Gasteiger partial charge >= 0.3 is 5.97 Å². The Morgan fingerprint density at radius 1 is 1.27 bits per heavy atom. The molecule has 0 heterocycles. The number of carboxylic acids is 1. The molecule has 0 saturated carbocycles. The molecule has 1 aromatic carbocycles. The van der Waals surface area contributed by atoms with Gasteiger partial charge in [-0.25, -0.2) is 0 Å². The van der Waals surface area contributed by atoms with Crippen LogP contribution in [0.5, 0.6) is 5.75 Å². The maximum absolute atomic E-state index is 12.0. The van der Waals surface area contributed by atoms with Crippen molar-refractivity contribution in [3.63, 3.8) is 0 Å². The fourth-order valence-corrected chi connectivity index (χ4v) is 2.61. The Hall–Kier alpha value is -1.82. The van der Waals surface area contributed by atoms with Gasteiger partial charge < -0.3 is 14.8 Å². The van der Waals surface area contributed by atoms with E-state index in [1.165, 1.54) is 0 Å². The highest BCUT2D eigenvalue weighted by Crippen LogP contribution is 2.38. The van der Waals surface area contributed by atoms with Gasteiger partial charge in [0.05, 0.1) is 0 Å². The molecule has 6 heteroatoms. The van der Waals surface area contributed by atoms with E-state index in [9.17, 15) is 9.59 Å². The molecule has 22 heavy (non-hydrogen) atoms. The van der Waals surface area contributed by atoms with Crippen LogP contribution < -0.4 is 9.74 Å². The Bertz CT molecular complexity index is 576. The predicted molar refractivity (Wildman–Crippen MR) is 89.0 cm³/mol. The van der Waals surface area contributed by atoms with Gasteiger partial charge in [0, 0.05) is 5.56 Å². The van der Waals surface area contributed by atoms with Crippen LogP contribution in [0.1, 0.15) is 36.7 Å². The topological polar surface area (TPSA) is 75.6 Å². The molecular weight excluding hydrogens is 298 g/mol. The number of aliphatic carboxylic acids is 1. The summed E-state index contributed by atoms with van der Waals surface area (Å²) in [5.74, 6) is -0.796. The molecule has 0 aliphatic rings. The normalized spacial score (nSPS) is 11.9. The maximum Gasteiger partial charge on any atom is 0.322 e. The van der Waals surface area contributed by atoms with Crippen LogP contribution in [0.3, 0.4) is 0 Å². The lowest BCUT2D eigenvalue weighted by molar-refractivity contribution is -0.135. The number of nitrogens with one attached hydrogen (secondary N) is 1. The molecule has 0 aliphatic heterocycles. The summed E-state index contributed by atoms with van der Waals surface area (Å²) in [6, 6.07) is 5.18. The third kappa shape index (κ3) is 4.59. The highest BCUT2D eigenvalue weighted by molar-refractivity contribution is 6.74. The van der Waals surface area contributed by atoms with Crippen molar-refractivity contribution in [3.05, 3.63) is 29.3 Å². The van der Waals surface area contributed by atoms with Crippen molar-refractivity contribution in [2.24, 2.45) is 0 Å². The first-order chi connectivity index (χ1) is 9.94. The van der Waals surface area contributed by atoms with Gasteiger partial charge in [0.2, 0.25) is 8.32 Å². The lowest BCUT2D eigenvalue weighted by atomic mass is 10.1. The van der Waals surface area contributed by atoms with E-state index in [0.717, 1.165) is 5.56 Å². The average molecular weight is 323 g/mol. The molecule has 2 N–H and O–H groups in total. The minimum absolute atomic E-state index is 0.0566. The number of hydrogen-bond acceptors (Lipinski definition) is 3. The molecule has 1 amide bonds. The van der Waals surface area contributed by atoms with Crippen molar-refractivity contribution < 1.29 is 19.1 Å². The number of hydrogen-bond donors (Lipinski definition) is 2. The number of carbonyl (C=O) groups is 2. The van der Waals surface area contributed by atoms with Crippen LogP contribution in [0.15, 0.2) is 18.2 Å².